The fourth-order valence-electron chi connectivity index (χ4n) is 3.30. The van der Waals surface area contributed by atoms with Gasteiger partial charge in [-0.05, 0) is 50.7 Å². The average molecular weight is 431 g/mol. The number of carbonyl (C=O) groups is 2. The van der Waals surface area contributed by atoms with Gasteiger partial charge in [-0.15, -0.1) is 13.2 Å². The monoisotopic (exact) mass is 430 g/mol. The molecule has 0 aliphatic rings. The molecule has 1 aromatic carbocycles. The summed E-state index contributed by atoms with van der Waals surface area (Å²) < 4.78 is 16.5. The molecule has 0 saturated heterocycles. The lowest BCUT2D eigenvalue weighted by molar-refractivity contribution is 0.00272. The van der Waals surface area contributed by atoms with Crippen molar-refractivity contribution in [3.05, 3.63) is 60.7 Å². The Hall–Kier alpha value is -2.40. The van der Waals surface area contributed by atoms with Crippen molar-refractivity contribution in [1.82, 2.24) is 0 Å². The maximum absolute atomic E-state index is 12.9. The predicted molar refractivity (Wildman–Crippen MR) is 124 cm³/mol. The molecule has 0 unspecified atom stereocenters. The molecule has 0 heterocycles. The van der Waals surface area contributed by atoms with Gasteiger partial charge in [0.05, 0.1) is 17.7 Å². The van der Waals surface area contributed by atoms with Crippen LogP contribution in [0.15, 0.2) is 49.6 Å². The predicted octanol–water partition coefficient (Wildman–Crippen LogP) is 6.29. The molecule has 0 aliphatic carbocycles. The van der Waals surface area contributed by atoms with Crippen LogP contribution in [0.2, 0.25) is 0 Å². The molecule has 5 nitrogen and oxygen atoms in total. The maximum atomic E-state index is 12.9. The van der Waals surface area contributed by atoms with Crippen LogP contribution in [0.5, 0.6) is 0 Å². The Kier molecular flexibility index (Phi) is 14.0. The fourth-order valence-corrected chi connectivity index (χ4v) is 3.30. The second-order valence-electron chi connectivity index (χ2n) is 7.64. The Morgan fingerprint density at radius 3 is 1.94 bits per heavy atom. The van der Waals surface area contributed by atoms with Gasteiger partial charge in [0.25, 0.3) is 0 Å². The number of benzene rings is 1. The smallest absolute Gasteiger partial charge is 0.339 e. The molecule has 2 atom stereocenters. The lowest BCUT2D eigenvalue weighted by atomic mass is 10.0. The van der Waals surface area contributed by atoms with Crippen molar-refractivity contribution in [3.63, 3.8) is 0 Å². The van der Waals surface area contributed by atoms with E-state index in [0.717, 1.165) is 38.5 Å². The Bertz CT molecular complexity index is 682. The average Bonchev–Trinajstić information content (AvgIpc) is 2.78. The molecule has 1 aromatic rings. The number of hydrogen-bond acceptors (Lipinski definition) is 5. The minimum Gasteiger partial charge on any atom is -0.459 e. The number of rotatable bonds is 17. The SMILES string of the molecule is C=CCC[C@@H](CCCCCC)OC(=O)c1ccccc1C(=O)O[C@@H](CCC=C)COC. The number of hydrogen-bond donors (Lipinski definition) is 0. The summed E-state index contributed by atoms with van der Waals surface area (Å²) in [6.45, 7) is 9.91. The van der Waals surface area contributed by atoms with Crippen molar-refractivity contribution < 1.29 is 23.8 Å². The molecule has 5 heteroatoms. The van der Waals surface area contributed by atoms with Gasteiger partial charge in [0.15, 0.2) is 0 Å². The van der Waals surface area contributed by atoms with Crippen molar-refractivity contribution in [1.29, 1.82) is 0 Å². The largest absolute Gasteiger partial charge is 0.459 e. The van der Waals surface area contributed by atoms with E-state index in [0.29, 0.717) is 12.8 Å². The van der Waals surface area contributed by atoms with Crippen LogP contribution in [0.4, 0.5) is 0 Å². The topological polar surface area (TPSA) is 61.8 Å². The van der Waals surface area contributed by atoms with Gasteiger partial charge in [-0.2, -0.15) is 0 Å². The van der Waals surface area contributed by atoms with E-state index in [1.54, 1.807) is 37.5 Å². The van der Waals surface area contributed by atoms with Crippen LogP contribution >= 0.6 is 0 Å². The first kappa shape index (κ1) is 26.6. The summed E-state index contributed by atoms with van der Waals surface area (Å²) in [5, 5.41) is 0. The molecule has 0 amide bonds. The van der Waals surface area contributed by atoms with E-state index in [-0.39, 0.29) is 23.8 Å². The molecule has 172 valence electrons. The zero-order valence-electron chi connectivity index (χ0n) is 19.1. The van der Waals surface area contributed by atoms with E-state index in [1.807, 2.05) is 6.08 Å². The summed E-state index contributed by atoms with van der Waals surface area (Å²) in [7, 11) is 1.56. The number of allylic oxidation sites excluding steroid dienone is 2. The molecular formula is C26H38O5. The van der Waals surface area contributed by atoms with Crippen molar-refractivity contribution in [3.8, 4) is 0 Å². The first-order valence-electron chi connectivity index (χ1n) is 11.3. The molecule has 0 aromatic heterocycles. The van der Waals surface area contributed by atoms with Crippen LogP contribution in [0.3, 0.4) is 0 Å². The van der Waals surface area contributed by atoms with Crippen molar-refractivity contribution >= 4 is 11.9 Å². The van der Waals surface area contributed by atoms with Crippen molar-refractivity contribution in [2.75, 3.05) is 13.7 Å². The van der Waals surface area contributed by atoms with E-state index in [4.69, 9.17) is 14.2 Å². The van der Waals surface area contributed by atoms with Gasteiger partial charge in [-0.1, -0.05) is 50.5 Å². The lowest BCUT2D eigenvalue weighted by Gasteiger charge is -2.20. The zero-order chi connectivity index (χ0) is 22.9. The summed E-state index contributed by atoms with van der Waals surface area (Å²) in [5.74, 6) is -1.05. The fraction of sp³-hybridized carbons (Fsp3) is 0.538. The van der Waals surface area contributed by atoms with Crippen molar-refractivity contribution in [2.45, 2.75) is 76.9 Å². The third-order valence-electron chi connectivity index (χ3n) is 5.03. The second-order valence-corrected chi connectivity index (χ2v) is 7.64. The third kappa shape index (κ3) is 10.5. The van der Waals surface area contributed by atoms with Gasteiger partial charge in [-0.25, -0.2) is 9.59 Å². The Morgan fingerprint density at radius 1 is 0.871 bits per heavy atom. The van der Waals surface area contributed by atoms with E-state index >= 15 is 0 Å². The molecule has 1 rings (SSSR count). The molecule has 0 saturated carbocycles. The van der Waals surface area contributed by atoms with E-state index in [1.165, 1.54) is 6.42 Å². The van der Waals surface area contributed by atoms with E-state index in [2.05, 4.69) is 20.1 Å². The van der Waals surface area contributed by atoms with Crippen LogP contribution in [0.25, 0.3) is 0 Å². The molecule has 31 heavy (non-hydrogen) atoms. The van der Waals surface area contributed by atoms with Gasteiger partial charge in [0.2, 0.25) is 0 Å². The number of methoxy groups -OCH3 is 1. The highest BCUT2D eigenvalue weighted by Crippen LogP contribution is 2.19. The normalized spacial score (nSPS) is 12.6. The van der Waals surface area contributed by atoms with E-state index in [9.17, 15) is 9.59 Å². The van der Waals surface area contributed by atoms with E-state index < -0.39 is 18.0 Å². The first-order chi connectivity index (χ1) is 15.1. The highest BCUT2D eigenvalue weighted by molar-refractivity contribution is 6.03. The minimum absolute atomic E-state index is 0.194. The molecular weight excluding hydrogens is 392 g/mol. The molecule has 0 fully saturated rings. The second kappa shape index (κ2) is 16.3. The Labute approximate surface area is 187 Å². The quantitative estimate of drug-likeness (QED) is 0.165. The Balaban J connectivity index is 2.87. The van der Waals surface area contributed by atoms with Crippen LogP contribution in [0.1, 0.15) is 85.4 Å². The molecule has 0 aliphatic heterocycles. The lowest BCUT2D eigenvalue weighted by Crippen LogP contribution is -2.25. The summed E-state index contributed by atoms with van der Waals surface area (Å²) >= 11 is 0. The molecule has 0 bridgehead atoms. The molecule has 0 N–H and O–H groups in total. The highest BCUT2D eigenvalue weighted by atomic mass is 16.6. The van der Waals surface area contributed by atoms with Crippen LogP contribution in [0, 0.1) is 0 Å². The zero-order valence-corrected chi connectivity index (χ0v) is 19.1. The van der Waals surface area contributed by atoms with Crippen molar-refractivity contribution in [2.24, 2.45) is 0 Å². The highest BCUT2D eigenvalue weighted by Gasteiger charge is 2.24. The van der Waals surface area contributed by atoms with Crippen LogP contribution in [-0.2, 0) is 14.2 Å². The number of unbranched alkanes of at least 4 members (excludes halogenated alkanes) is 3. The van der Waals surface area contributed by atoms with Crippen LogP contribution in [-0.4, -0.2) is 37.9 Å². The summed E-state index contributed by atoms with van der Waals surface area (Å²) in [6.07, 6.45) is 11.1. The number of esters is 2. The number of ether oxygens (including phenoxy) is 3. The van der Waals surface area contributed by atoms with Gasteiger partial charge in [-0.3, -0.25) is 0 Å². The maximum Gasteiger partial charge on any atom is 0.339 e. The van der Waals surface area contributed by atoms with Crippen LogP contribution < -0.4 is 0 Å². The van der Waals surface area contributed by atoms with Gasteiger partial charge in [0, 0.05) is 7.11 Å². The molecule has 0 spiro atoms. The minimum atomic E-state index is -0.552. The molecule has 0 radical (unpaired) electrons. The van der Waals surface area contributed by atoms with Gasteiger partial charge >= 0.3 is 11.9 Å². The standard InChI is InChI=1S/C26H38O5/c1-5-8-11-12-17-21(15-9-6-2)30-25(27)23-18-13-14-19-24(23)26(28)31-22(20-29-4)16-10-7-3/h6-7,13-14,18-19,21-22H,2-3,5,8-12,15-17,20H2,1,4H3/t21-,22-/m0/s1. The third-order valence-corrected chi connectivity index (χ3v) is 5.03. The van der Waals surface area contributed by atoms with Gasteiger partial charge < -0.3 is 14.2 Å². The van der Waals surface area contributed by atoms with Gasteiger partial charge in [0.1, 0.15) is 12.2 Å². The summed E-state index contributed by atoms with van der Waals surface area (Å²) in [6, 6.07) is 6.63. The number of carbonyl (C=O) groups excluding carboxylic acids is 2. The Morgan fingerprint density at radius 2 is 1.42 bits per heavy atom. The summed E-state index contributed by atoms with van der Waals surface area (Å²) in [5.41, 5.74) is 0.435. The first-order valence-corrected chi connectivity index (χ1v) is 11.3. The summed E-state index contributed by atoms with van der Waals surface area (Å²) in [4.78, 5) is 25.7.